The van der Waals surface area contributed by atoms with E-state index < -0.39 is 0 Å². The number of hydrogen-bond acceptors (Lipinski definition) is 1. The second kappa shape index (κ2) is 4.30. The Labute approximate surface area is 90.6 Å². The fourth-order valence-corrected chi connectivity index (χ4v) is 1.68. The number of imidazole rings is 1. The van der Waals surface area contributed by atoms with Gasteiger partial charge in [-0.2, -0.15) is 0 Å². The van der Waals surface area contributed by atoms with E-state index in [1.165, 1.54) is 11.3 Å². The topological polar surface area (TPSA) is 17.8 Å². The van der Waals surface area contributed by atoms with Crippen molar-refractivity contribution in [2.24, 2.45) is 0 Å². The monoisotopic (exact) mass is 200 g/mol. The van der Waals surface area contributed by atoms with Gasteiger partial charge in [0.1, 0.15) is 5.82 Å². The van der Waals surface area contributed by atoms with Crippen molar-refractivity contribution in [3.8, 4) is 0 Å². The van der Waals surface area contributed by atoms with Crippen LogP contribution in [-0.4, -0.2) is 9.55 Å². The molecule has 1 aromatic carbocycles. The highest BCUT2D eigenvalue weighted by atomic mass is 15.1. The van der Waals surface area contributed by atoms with Crippen molar-refractivity contribution in [3.63, 3.8) is 0 Å². The molecule has 1 heterocycles. The highest BCUT2D eigenvalue weighted by Crippen LogP contribution is 2.07. The molecule has 15 heavy (non-hydrogen) atoms. The summed E-state index contributed by atoms with van der Waals surface area (Å²) in [6.45, 7) is 5.11. The van der Waals surface area contributed by atoms with Crippen molar-refractivity contribution in [2.45, 2.75) is 26.8 Å². The molecule has 0 aliphatic carbocycles. The fourth-order valence-electron chi connectivity index (χ4n) is 1.68. The number of hydrogen-bond donors (Lipinski definition) is 0. The quantitative estimate of drug-likeness (QED) is 0.745. The van der Waals surface area contributed by atoms with Gasteiger partial charge in [-0.15, -0.1) is 0 Å². The lowest BCUT2D eigenvalue weighted by Gasteiger charge is -2.04. The summed E-state index contributed by atoms with van der Waals surface area (Å²) in [5.41, 5.74) is 2.49. The van der Waals surface area contributed by atoms with Crippen molar-refractivity contribution in [2.75, 3.05) is 0 Å². The van der Waals surface area contributed by atoms with Gasteiger partial charge in [0.25, 0.3) is 0 Å². The minimum atomic E-state index is 0.916. The molecule has 0 aliphatic rings. The number of aryl methyl sites for hydroxylation is 2. The van der Waals surface area contributed by atoms with Crippen LogP contribution in [0.3, 0.4) is 0 Å². The maximum atomic E-state index is 4.49. The largest absolute Gasteiger partial charge is 0.330 e. The van der Waals surface area contributed by atoms with Crippen molar-refractivity contribution < 1.29 is 0 Å². The van der Waals surface area contributed by atoms with Gasteiger partial charge in [0.15, 0.2) is 0 Å². The third-order valence-corrected chi connectivity index (χ3v) is 2.58. The van der Waals surface area contributed by atoms with E-state index in [0.717, 1.165) is 18.8 Å². The average Bonchev–Trinajstić information content (AvgIpc) is 2.61. The lowest BCUT2D eigenvalue weighted by atomic mass is 10.2. The zero-order valence-electron chi connectivity index (χ0n) is 9.27. The summed E-state index contributed by atoms with van der Waals surface area (Å²) in [4.78, 5) is 4.49. The normalized spacial score (nSPS) is 10.5. The van der Waals surface area contributed by atoms with Gasteiger partial charge < -0.3 is 4.57 Å². The lowest BCUT2D eigenvalue weighted by Crippen LogP contribution is -2.00. The molecular formula is C13H16N2. The SMILES string of the molecule is CCc1cn(Cc2ccccc2)c(C)n1. The maximum absolute atomic E-state index is 4.49. The minimum Gasteiger partial charge on any atom is -0.330 e. The first-order chi connectivity index (χ1) is 7.29. The molecule has 0 bridgehead atoms. The predicted molar refractivity (Wildman–Crippen MR) is 61.9 cm³/mol. The molecule has 2 heteroatoms. The van der Waals surface area contributed by atoms with Crippen molar-refractivity contribution >= 4 is 0 Å². The first-order valence-corrected chi connectivity index (χ1v) is 5.36. The van der Waals surface area contributed by atoms with Crippen LogP contribution < -0.4 is 0 Å². The van der Waals surface area contributed by atoms with Crippen LogP contribution in [0.15, 0.2) is 36.5 Å². The van der Waals surface area contributed by atoms with Crippen LogP contribution in [0.2, 0.25) is 0 Å². The van der Waals surface area contributed by atoms with Gasteiger partial charge in [-0.1, -0.05) is 37.3 Å². The molecule has 2 rings (SSSR count). The Morgan fingerprint density at radius 2 is 1.93 bits per heavy atom. The van der Waals surface area contributed by atoms with Gasteiger partial charge >= 0.3 is 0 Å². The van der Waals surface area contributed by atoms with E-state index in [-0.39, 0.29) is 0 Å². The Hall–Kier alpha value is -1.57. The van der Waals surface area contributed by atoms with Gasteiger partial charge in [-0.05, 0) is 18.9 Å². The summed E-state index contributed by atoms with van der Waals surface area (Å²) in [5, 5.41) is 0. The van der Waals surface area contributed by atoms with Crippen molar-refractivity contribution in [1.29, 1.82) is 0 Å². The van der Waals surface area contributed by atoms with Gasteiger partial charge in [-0.3, -0.25) is 0 Å². The molecule has 0 fully saturated rings. The van der Waals surface area contributed by atoms with Crippen molar-refractivity contribution in [1.82, 2.24) is 9.55 Å². The molecule has 0 radical (unpaired) electrons. The Balaban J connectivity index is 2.21. The zero-order chi connectivity index (χ0) is 10.7. The number of nitrogens with zero attached hydrogens (tertiary/aromatic N) is 2. The molecule has 0 unspecified atom stereocenters. The molecule has 2 aromatic rings. The standard InChI is InChI=1S/C13H16N2/c1-3-13-10-15(11(2)14-13)9-12-7-5-4-6-8-12/h4-8,10H,3,9H2,1-2H3. The molecule has 2 nitrogen and oxygen atoms in total. The third kappa shape index (κ3) is 2.27. The molecule has 0 saturated heterocycles. The van der Waals surface area contributed by atoms with Gasteiger partial charge in [0, 0.05) is 12.7 Å². The Bertz CT molecular complexity index is 429. The van der Waals surface area contributed by atoms with E-state index in [1.807, 2.05) is 6.07 Å². The number of rotatable bonds is 3. The minimum absolute atomic E-state index is 0.916. The first-order valence-electron chi connectivity index (χ1n) is 5.36. The third-order valence-electron chi connectivity index (χ3n) is 2.58. The molecule has 0 amide bonds. The van der Waals surface area contributed by atoms with Gasteiger partial charge in [-0.25, -0.2) is 4.98 Å². The predicted octanol–water partition coefficient (Wildman–Crippen LogP) is 2.80. The van der Waals surface area contributed by atoms with Crippen LogP contribution in [0.4, 0.5) is 0 Å². The van der Waals surface area contributed by atoms with E-state index in [2.05, 4.69) is 53.9 Å². The Kier molecular flexibility index (Phi) is 2.86. The van der Waals surface area contributed by atoms with Gasteiger partial charge in [0.05, 0.1) is 5.69 Å². The van der Waals surface area contributed by atoms with Crippen LogP contribution in [0, 0.1) is 6.92 Å². The molecule has 78 valence electrons. The smallest absolute Gasteiger partial charge is 0.106 e. The van der Waals surface area contributed by atoms with Crippen LogP contribution in [0.25, 0.3) is 0 Å². The molecule has 0 spiro atoms. The summed E-state index contributed by atoms with van der Waals surface area (Å²) >= 11 is 0. The highest BCUT2D eigenvalue weighted by molar-refractivity contribution is 5.16. The summed E-state index contributed by atoms with van der Waals surface area (Å²) in [6.07, 6.45) is 3.14. The second-order valence-electron chi connectivity index (χ2n) is 3.75. The van der Waals surface area contributed by atoms with Crippen LogP contribution in [0.5, 0.6) is 0 Å². The second-order valence-corrected chi connectivity index (χ2v) is 3.75. The van der Waals surface area contributed by atoms with Crippen LogP contribution in [0.1, 0.15) is 24.0 Å². The summed E-state index contributed by atoms with van der Waals surface area (Å²) in [5.74, 6) is 1.09. The fraction of sp³-hybridized carbons (Fsp3) is 0.308. The number of aromatic nitrogens is 2. The summed E-state index contributed by atoms with van der Waals surface area (Å²) < 4.78 is 2.20. The van der Waals surface area contributed by atoms with E-state index in [1.54, 1.807) is 0 Å². The molecule has 1 aromatic heterocycles. The molecule has 0 aliphatic heterocycles. The maximum Gasteiger partial charge on any atom is 0.106 e. The van der Waals surface area contributed by atoms with E-state index >= 15 is 0 Å². The van der Waals surface area contributed by atoms with Crippen LogP contribution in [-0.2, 0) is 13.0 Å². The van der Waals surface area contributed by atoms with E-state index in [4.69, 9.17) is 0 Å². The Morgan fingerprint density at radius 3 is 2.53 bits per heavy atom. The van der Waals surface area contributed by atoms with Crippen molar-refractivity contribution in [3.05, 3.63) is 53.6 Å². The average molecular weight is 200 g/mol. The molecule has 0 N–H and O–H groups in total. The molecule has 0 atom stereocenters. The highest BCUT2D eigenvalue weighted by Gasteiger charge is 2.02. The summed E-state index contributed by atoms with van der Waals surface area (Å²) in [6, 6.07) is 10.5. The Morgan fingerprint density at radius 1 is 1.20 bits per heavy atom. The molecule has 0 saturated carbocycles. The van der Waals surface area contributed by atoms with Gasteiger partial charge in [0.2, 0.25) is 0 Å². The zero-order valence-corrected chi connectivity index (χ0v) is 9.27. The van der Waals surface area contributed by atoms with Crippen LogP contribution >= 0.6 is 0 Å². The summed E-state index contributed by atoms with van der Waals surface area (Å²) in [7, 11) is 0. The van der Waals surface area contributed by atoms with E-state index in [9.17, 15) is 0 Å². The van der Waals surface area contributed by atoms with E-state index in [0.29, 0.717) is 0 Å². The number of benzene rings is 1. The lowest BCUT2D eigenvalue weighted by molar-refractivity contribution is 0.761. The molecular weight excluding hydrogens is 184 g/mol. The first kappa shape index (κ1) is 9.97.